The molecule has 2 aromatic carbocycles. The van der Waals surface area contributed by atoms with Gasteiger partial charge in [0.15, 0.2) is 0 Å². The minimum absolute atomic E-state index is 0.0523. The van der Waals surface area contributed by atoms with Crippen molar-refractivity contribution in [2.24, 2.45) is 5.92 Å². The fraction of sp³-hybridized carbons (Fsp3) is 0.231. The van der Waals surface area contributed by atoms with Gasteiger partial charge in [0, 0.05) is 30.5 Å². The number of hydrogen-bond donors (Lipinski definition) is 1. The van der Waals surface area contributed by atoms with Crippen LogP contribution in [0.1, 0.15) is 30.0 Å². The molecular weight excluding hydrogens is 416 g/mol. The summed E-state index contributed by atoms with van der Waals surface area (Å²) in [7, 11) is 0. The fourth-order valence-corrected chi connectivity index (χ4v) is 3.79. The first-order chi connectivity index (χ1) is 16.0. The molecule has 1 aliphatic rings. The van der Waals surface area contributed by atoms with E-state index in [0.29, 0.717) is 23.5 Å². The third kappa shape index (κ3) is 4.85. The Morgan fingerprint density at radius 3 is 2.73 bits per heavy atom. The van der Waals surface area contributed by atoms with Crippen molar-refractivity contribution in [3.63, 3.8) is 0 Å². The number of nitrogens with one attached hydrogen (secondary N) is 1. The monoisotopic (exact) mass is 440 g/mol. The van der Waals surface area contributed by atoms with Gasteiger partial charge in [-0.3, -0.25) is 9.59 Å². The van der Waals surface area contributed by atoms with Crippen molar-refractivity contribution in [3.05, 3.63) is 77.5 Å². The predicted octanol–water partition coefficient (Wildman–Crippen LogP) is 4.61. The SMILES string of the molecule is CCc1ccc(N2CC(C(=O)Nc3ccc(Oc4ncccc4C#N)cc3C)CC2=O)cc1. The average Bonchev–Trinajstić information content (AvgIpc) is 3.23. The molecular formula is C26H24N4O3. The number of nitriles is 1. The molecule has 3 aromatic rings. The lowest BCUT2D eigenvalue weighted by Gasteiger charge is -2.17. The van der Waals surface area contributed by atoms with Gasteiger partial charge in [0.25, 0.3) is 0 Å². The third-order valence-corrected chi connectivity index (χ3v) is 5.71. The van der Waals surface area contributed by atoms with Crippen molar-refractivity contribution in [1.82, 2.24) is 4.98 Å². The lowest BCUT2D eigenvalue weighted by Crippen LogP contribution is -2.28. The largest absolute Gasteiger partial charge is 0.438 e. The molecule has 7 heteroatoms. The summed E-state index contributed by atoms with van der Waals surface area (Å²) in [4.78, 5) is 31.2. The van der Waals surface area contributed by atoms with Gasteiger partial charge >= 0.3 is 0 Å². The Kier molecular flexibility index (Phi) is 6.36. The lowest BCUT2D eigenvalue weighted by atomic mass is 10.1. The molecule has 1 saturated heterocycles. The van der Waals surface area contributed by atoms with Crippen LogP contribution >= 0.6 is 0 Å². The second-order valence-corrected chi connectivity index (χ2v) is 7.96. The van der Waals surface area contributed by atoms with Crippen molar-refractivity contribution in [1.29, 1.82) is 5.26 Å². The topological polar surface area (TPSA) is 95.3 Å². The molecule has 1 aromatic heterocycles. The number of nitrogens with zero attached hydrogens (tertiary/aromatic N) is 3. The maximum absolute atomic E-state index is 12.9. The van der Waals surface area contributed by atoms with Crippen molar-refractivity contribution in [2.75, 3.05) is 16.8 Å². The second-order valence-electron chi connectivity index (χ2n) is 7.96. The summed E-state index contributed by atoms with van der Waals surface area (Å²) < 4.78 is 5.74. The van der Waals surface area contributed by atoms with E-state index < -0.39 is 5.92 Å². The molecule has 1 aliphatic heterocycles. The summed E-state index contributed by atoms with van der Waals surface area (Å²) in [6.07, 6.45) is 2.67. The zero-order valence-electron chi connectivity index (χ0n) is 18.5. The Morgan fingerprint density at radius 2 is 2.03 bits per heavy atom. The van der Waals surface area contributed by atoms with E-state index in [-0.39, 0.29) is 24.1 Å². The number of rotatable bonds is 6. The molecule has 1 unspecified atom stereocenters. The van der Waals surface area contributed by atoms with Crippen LogP contribution < -0.4 is 15.0 Å². The minimum Gasteiger partial charge on any atom is -0.438 e. The summed E-state index contributed by atoms with van der Waals surface area (Å²) >= 11 is 0. The van der Waals surface area contributed by atoms with Crippen LogP contribution in [0.4, 0.5) is 11.4 Å². The molecule has 0 bridgehead atoms. The van der Waals surface area contributed by atoms with E-state index in [4.69, 9.17) is 4.74 Å². The molecule has 1 atom stereocenters. The highest BCUT2D eigenvalue weighted by Gasteiger charge is 2.35. The Balaban J connectivity index is 1.42. The van der Waals surface area contributed by atoms with Gasteiger partial charge in [-0.1, -0.05) is 19.1 Å². The van der Waals surface area contributed by atoms with Gasteiger partial charge in [0.2, 0.25) is 17.7 Å². The van der Waals surface area contributed by atoms with Gasteiger partial charge in [-0.2, -0.15) is 5.26 Å². The van der Waals surface area contributed by atoms with Gasteiger partial charge in [-0.25, -0.2) is 4.98 Å². The van der Waals surface area contributed by atoms with E-state index in [1.807, 2.05) is 37.3 Å². The molecule has 1 N–H and O–H groups in total. The number of aryl methyl sites for hydroxylation is 2. The van der Waals surface area contributed by atoms with Crippen LogP contribution in [0.15, 0.2) is 60.8 Å². The Bertz CT molecular complexity index is 1230. The van der Waals surface area contributed by atoms with Crippen LogP contribution in [0, 0.1) is 24.2 Å². The van der Waals surface area contributed by atoms with Crippen molar-refractivity contribution < 1.29 is 14.3 Å². The molecule has 1 fully saturated rings. The lowest BCUT2D eigenvalue weighted by molar-refractivity contribution is -0.122. The molecule has 33 heavy (non-hydrogen) atoms. The first-order valence-corrected chi connectivity index (χ1v) is 10.8. The number of benzene rings is 2. The van der Waals surface area contributed by atoms with Crippen LogP contribution in [0.5, 0.6) is 11.6 Å². The zero-order valence-corrected chi connectivity index (χ0v) is 18.5. The zero-order chi connectivity index (χ0) is 23.4. The third-order valence-electron chi connectivity index (χ3n) is 5.71. The Labute approximate surface area is 192 Å². The average molecular weight is 441 g/mol. The fourth-order valence-electron chi connectivity index (χ4n) is 3.79. The quantitative estimate of drug-likeness (QED) is 0.604. The first kappa shape index (κ1) is 22.0. The van der Waals surface area contributed by atoms with Crippen molar-refractivity contribution >= 4 is 23.2 Å². The predicted molar refractivity (Wildman–Crippen MR) is 125 cm³/mol. The van der Waals surface area contributed by atoms with E-state index in [1.165, 1.54) is 5.56 Å². The van der Waals surface area contributed by atoms with Gasteiger partial charge < -0.3 is 15.0 Å². The number of carbonyl (C=O) groups excluding carboxylic acids is 2. The van der Waals surface area contributed by atoms with Crippen LogP contribution in [-0.2, 0) is 16.0 Å². The maximum atomic E-state index is 12.9. The number of hydrogen-bond acceptors (Lipinski definition) is 5. The molecule has 0 aliphatic carbocycles. The van der Waals surface area contributed by atoms with Gasteiger partial charge in [0.05, 0.1) is 5.92 Å². The van der Waals surface area contributed by atoms with Crippen LogP contribution in [-0.4, -0.2) is 23.3 Å². The summed E-state index contributed by atoms with van der Waals surface area (Å²) in [6, 6.07) is 18.5. The molecule has 7 nitrogen and oxygen atoms in total. The molecule has 166 valence electrons. The van der Waals surface area contributed by atoms with Gasteiger partial charge in [-0.15, -0.1) is 0 Å². The summed E-state index contributed by atoms with van der Waals surface area (Å²) in [5.74, 6) is 0.0735. The standard InChI is InChI=1S/C26H24N4O3/c1-3-18-6-8-21(9-7-18)30-16-20(14-24(30)31)25(32)29-23-11-10-22(13-17(23)2)33-26-19(15-27)5-4-12-28-26/h4-13,20H,3,14,16H2,1-2H3,(H,29,32). The van der Waals surface area contributed by atoms with E-state index in [0.717, 1.165) is 17.7 Å². The number of ether oxygens (including phenoxy) is 1. The van der Waals surface area contributed by atoms with Crippen molar-refractivity contribution in [3.8, 4) is 17.7 Å². The molecule has 0 spiro atoms. The van der Waals surface area contributed by atoms with Crippen LogP contribution in [0.3, 0.4) is 0 Å². The van der Waals surface area contributed by atoms with Gasteiger partial charge in [-0.05, 0) is 66.9 Å². The van der Waals surface area contributed by atoms with Crippen molar-refractivity contribution in [2.45, 2.75) is 26.7 Å². The Morgan fingerprint density at radius 1 is 1.24 bits per heavy atom. The second kappa shape index (κ2) is 9.53. The number of amides is 2. The normalized spacial score (nSPS) is 15.2. The molecule has 0 saturated carbocycles. The minimum atomic E-state index is -0.426. The Hall–Kier alpha value is -4.18. The highest BCUT2D eigenvalue weighted by Crippen LogP contribution is 2.29. The number of pyridine rings is 1. The van der Waals surface area contributed by atoms with E-state index in [2.05, 4.69) is 17.2 Å². The smallest absolute Gasteiger partial charge is 0.237 e. The summed E-state index contributed by atoms with van der Waals surface area (Å²) in [6.45, 7) is 4.29. The molecule has 0 radical (unpaired) electrons. The van der Waals surface area contributed by atoms with E-state index in [1.54, 1.807) is 41.4 Å². The first-order valence-electron chi connectivity index (χ1n) is 10.8. The number of anilines is 2. The highest BCUT2D eigenvalue weighted by atomic mass is 16.5. The van der Waals surface area contributed by atoms with Crippen LogP contribution in [0.25, 0.3) is 0 Å². The maximum Gasteiger partial charge on any atom is 0.237 e. The summed E-state index contributed by atoms with van der Waals surface area (Å²) in [5.41, 5.74) is 3.80. The molecule has 2 amide bonds. The highest BCUT2D eigenvalue weighted by molar-refractivity contribution is 6.03. The van der Waals surface area contributed by atoms with Gasteiger partial charge in [0.1, 0.15) is 17.4 Å². The van der Waals surface area contributed by atoms with E-state index >= 15 is 0 Å². The van der Waals surface area contributed by atoms with Crippen LogP contribution in [0.2, 0.25) is 0 Å². The number of carbonyl (C=O) groups is 2. The van der Waals surface area contributed by atoms with E-state index in [9.17, 15) is 14.9 Å². The molecule has 2 heterocycles. The summed E-state index contributed by atoms with van der Waals surface area (Å²) in [5, 5.41) is 12.1. The number of aromatic nitrogens is 1. The molecule has 4 rings (SSSR count).